The second-order valence-corrected chi connectivity index (χ2v) is 9.62. The van der Waals surface area contributed by atoms with Gasteiger partial charge in [-0.05, 0) is 85.2 Å². The summed E-state index contributed by atoms with van der Waals surface area (Å²) in [6, 6.07) is 13.2. The molecule has 0 atom stereocenters. The monoisotopic (exact) mass is 501 g/mol. The minimum atomic E-state index is -0.612. The van der Waals surface area contributed by atoms with E-state index in [9.17, 15) is 4.79 Å². The summed E-state index contributed by atoms with van der Waals surface area (Å²) in [5.41, 5.74) is 11.4. The highest BCUT2D eigenvalue weighted by Crippen LogP contribution is 2.36. The van der Waals surface area contributed by atoms with E-state index in [4.69, 9.17) is 10.5 Å². The highest BCUT2D eigenvalue weighted by Gasteiger charge is 2.21. The van der Waals surface area contributed by atoms with Crippen molar-refractivity contribution in [2.45, 2.75) is 45.6 Å². The molecule has 0 bridgehead atoms. The van der Waals surface area contributed by atoms with E-state index in [1.807, 2.05) is 6.07 Å². The normalized spacial score (nSPS) is 14.4. The third-order valence-electron chi connectivity index (χ3n) is 7.00. The highest BCUT2D eigenvalue weighted by atomic mass is 19.1. The molecule has 192 valence electrons. The molecule has 4 aromatic rings. The molecule has 0 radical (unpaired) electrons. The fourth-order valence-electron chi connectivity index (χ4n) is 5.09. The van der Waals surface area contributed by atoms with Crippen LogP contribution in [0.2, 0.25) is 0 Å². The molecule has 1 saturated heterocycles. The number of aromatic amines is 1. The predicted molar refractivity (Wildman–Crippen MR) is 145 cm³/mol. The van der Waals surface area contributed by atoms with Crippen molar-refractivity contribution < 1.29 is 9.13 Å². The van der Waals surface area contributed by atoms with Crippen LogP contribution in [0.25, 0.3) is 33.2 Å². The number of rotatable bonds is 7. The molecule has 0 unspecified atom stereocenters. The first-order chi connectivity index (χ1) is 17.9. The number of aromatic nitrogens is 3. The molecule has 4 N–H and O–H groups in total. The number of aryl methyl sites for hydroxylation is 1. The van der Waals surface area contributed by atoms with E-state index < -0.39 is 5.95 Å². The Morgan fingerprint density at radius 1 is 1.08 bits per heavy atom. The molecule has 2 aromatic heterocycles. The second-order valence-electron chi connectivity index (χ2n) is 9.62. The van der Waals surface area contributed by atoms with Gasteiger partial charge in [-0.2, -0.15) is 4.39 Å². The summed E-state index contributed by atoms with van der Waals surface area (Å²) in [6.07, 6.45) is 3.01. The van der Waals surface area contributed by atoms with Gasteiger partial charge in [-0.25, -0.2) is 9.97 Å². The van der Waals surface area contributed by atoms with Crippen LogP contribution in [-0.2, 0) is 11.3 Å². The summed E-state index contributed by atoms with van der Waals surface area (Å²) in [5, 5.41) is 3.98. The number of pyridine rings is 1. The molecule has 1 aliphatic heterocycles. The Hall–Kier alpha value is -3.62. The standard InChI is InChI=1S/C29H32FN5O2/c1-3-10-32-16-21-13-19(4-6-22(21)18-8-11-37-12-9-18)24-15-25(28(31)35-27(24)30)20-5-7-23-26(14-20)33-17(2)34-29(23)36/h4-7,13-15,18,32H,3,8-12,16H2,1-2H3,(H2,31,35)(H,33,34,36). The first-order valence-corrected chi connectivity index (χ1v) is 12.8. The number of nitrogen functional groups attached to an aromatic ring is 1. The van der Waals surface area contributed by atoms with Crippen molar-refractivity contribution >= 4 is 16.7 Å². The topological polar surface area (TPSA) is 106 Å². The lowest BCUT2D eigenvalue weighted by molar-refractivity contribution is 0.0851. The first-order valence-electron chi connectivity index (χ1n) is 12.8. The maximum atomic E-state index is 15.2. The van der Waals surface area contributed by atoms with E-state index in [0.717, 1.165) is 56.7 Å². The van der Waals surface area contributed by atoms with Gasteiger partial charge in [0.15, 0.2) is 0 Å². The number of ether oxygens (including phenoxy) is 1. The lowest BCUT2D eigenvalue weighted by atomic mass is 9.86. The van der Waals surface area contributed by atoms with E-state index in [1.165, 1.54) is 11.1 Å². The van der Waals surface area contributed by atoms with Crippen molar-refractivity contribution in [2.24, 2.45) is 0 Å². The van der Waals surface area contributed by atoms with E-state index in [2.05, 4.69) is 39.3 Å². The number of nitrogens with one attached hydrogen (secondary N) is 2. The summed E-state index contributed by atoms with van der Waals surface area (Å²) in [5.74, 6) is 0.432. The fraction of sp³-hybridized carbons (Fsp3) is 0.345. The summed E-state index contributed by atoms with van der Waals surface area (Å²) in [6.45, 7) is 7.03. The Morgan fingerprint density at radius 3 is 2.62 bits per heavy atom. The van der Waals surface area contributed by atoms with Gasteiger partial charge in [-0.1, -0.05) is 25.1 Å². The fourth-order valence-corrected chi connectivity index (χ4v) is 5.09. The molecule has 8 heteroatoms. The van der Waals surface area contributed by atoms with Gasteiger partial charge < -0.3 is 20.8 Å². The largest absolute Gasteiger partial charge is 0.383 e. The Bertz CT molecular complexity index is 1490. The van der Waals surface area contributed by atoms with Gasteiger partial charge in [-0.3, -0.25) is 4.79 Å². The van der Waals surface area contributed by atoms with Gasteiger partial charge in [0.25, 0.3) is 5.56 Å². The van der Waals surface area contributed by atoms with Crippen molar-refractivity contribution in [1.82, 2.24) is 20.3 Å². The molecule has 3 heterocycles. The zero-order valence-electron chi connectivity index (χ0n) is 21.2. The van der Waals surface area contributed by atoms with Crippen molar-refractivity contribution in [3.63, 3.8) is 0 Å². The maximum absolute atomic E-state index is 15.2. The molecular weight excluding hydrogens is 469 g/mol. The zero-order chi connectivity index (χ0) is 25.9. The molecular formula is C29H32FN5O2. The van der Waals surface area contributed by atoms with Gasteiger partial charge in [0, 0.05) is 30.9 Å². The molecule has 1 aliphatic rings. The Morgan fingerprint density at radius 2 is 1.84 bits per heavy atom. The van der Waals surface area contributed by atoms with Crippen molar-refractivity contribution in [3.8, 4) is 22.3 Å². The number of nitrogens with zero attached hydrogens (tertiary/aromatic N) is 2. The highest BCUT2D eigenvalue weighted by molar-refractivity contribution is 5.87. The Kier molecular flexibility index (Phi) is 7.30. The Balaban J connectivity index is 1.57. The average Bonchev–Trinajstić information content (AvgIpc) is 2.89. The lowest BCUT2D eigenvalue weighted by Crippen LogP contribution is -2.19. The van der Waals surface area contributed by atoms with Crippen molar-refractivity contribution in [3.05, 3.63) is 75.7 Å². The van der Waals surface area contributed by atoms with Crippen LogP contribution < -0.4 is 16.6 Å². The molecule has 7 nitrogen and oxygen atoms in total. The van der Waals surface area contributed by atoms with E-state index in [1.54, 1.807) is 31.2 Å². The van der Waals surface area contributed by atoms with Gasteiger partial charge in [0.05, 0.1) is 10.9 Å². The van der Waals surface area contributed by atoms with E-state index >= 15 is 4.39 Å². The molecule has 0 spiro atoms. The van der Waals surface area contributed by atoms with Crippen molar-refractivity contribution in [2.75, 3.05) is 25.5 Å². The van der Waals surface area contributed by atoms with Crippen LogP contribution in [0, 0.1) is 12.9 Å². The average molecular weight is 502 g/mol. The third kappa shape index (κ3) is 5.26. The summed E-state index contributed by atoms with van der Waals surface area (Å²) < 4.78 is 20.8. The number of fused-ring (bicyclic) bond motifs is 1. The predicted octanol–water partition coefficient (Wildman–Crippen LogP) is 5.08. The van der Waals surface area contributed by atoms with Crippen molar-refractivity contribution in [1.29, 1.82) is 0 Å². The van der Waals surface area contributed by atoms with E-state index in [0.29, 0.717) is 33.8 Å². The van der Waals surface area contributed by atoms with E-state index in [-0.39, 0.29) is 11.4 Å². The smallest absolute Gasteiger partial charge is 0.258 e. The number of hydrogen-bond acceptors (Lipinski definition) is 6. The summed E-state index contributed by atoms with van der Waals surface area (Å²) >= 11 is 0. The molecule has 0 aliphatic carbocycles. The van der Waals surface area contributed by atoms with Crippen LogP contribution in [-0.4, -0.2) is 34.7 Å². The van der Waals surface area contributed by atoms with Gasteiger partial charge >= 0.3 is 0 Å². The third-order valence-corrected chi connectivity index (χ3v) is 7.00. The molecule has 0 saturated carbocycles. The first kappa shape index (κ1) is 25.0. The molecule has 5 rings (SSSR count). The summed E-state index contributed by atoms with van der Waals surface area (Å²) in [4.78, 5) is 23.5. The number of hydrogen-bond donors (Lipinski definition) is 3. The van der Waals surface area contributed by atoms with Gasteiger partial charge in [0.2, 0.25) is 5.95 Å². The van der Waals surface area contributed by atoms with Crippen LogP contribution in [0.15, 0.2) is 47.3 Å². The number of anilines is 1. The van der Waals surface area contributed by atoms with Crippen LogP contribution in [0.1, 0.15) is 49.1 Å². The minimum Gasteiger partial charge on any atom is -0.383 e. The molecule has 2 aromatic carbocycles. The maximum Gasteiger partial charge on any atom is 0.258 e. The molecule has 37 heavy (non-hydrogen) atoms. The van der Waals surface area contributed by atoms with Crippen LogP contribution in [0.5, 0.6) is 0 Å². The molecule has 1 fully saturated rings. The van der Waals surface area contributed by atoms with Gasteiger partial charge in [0.1, 0.15) is 11.6 Å². The second kappa shape index (κ2) is 10.8. The van der Waals surface area contributed by atoms with Crippen LogP contribution in [0.3, 0.4) is 0 Å². The number of H-pyrrole nitrogens is 1. The SMILES string of the molecule is CCCNCc1cc(-c2cc(-c3ccc4c(=O)[nH]c(C)nc4c3)c(N)nc2F)ccc1C1CCOCC1. The number of nitrogens with two attached hydrogens (primary N) is 1. The van der Waals surface area contributed by atoms with Gasteiger partial charge in [-0.15, -0.1) is 0 Å². The van der Waals surface area contributed by atoms with Crippen LogP contribution in [0.4, 0.5) is 10.2 Å². The van der Waals surface area contributed by atoms with Crippen LogP contribution >= 0.6 is 0 Å². The minimum absolute atomic E-state index is 0.0887. The Labute approximate surface area is 215 Å². The number of halogens is 1. The summed E-state index contributed by atoms with van der Waals surface area (Å²) in [7, 11) is 0. The zero-order valence-corrected chi connectivity index (χ0v) is 21.2. The lowest BCUT2D eigenvalue weighted by Gasteiger charge is -2.25. The molecule has 0 amide bonds. The number of benzene rings is 2. The quantitative estimate of drug-likeness (QED) is 0.241.